The van der Waals surface area contributed by atoms with Crippen LogP contribution in [0.2, 0.25) is 0 Å². The molecule has 0 radical (unpaired) electrons. The van der Waals surface area contributed by atoms with Gasteiger partial charge < -0.3 is 9.11 Å². The Kier molecular flexibility index (Phi) is 32.3. The Morgan fingerprint density at radius 2 is 0.871 bits per heavy atom. The van der Waals surface area contributed by atoms with Crippen molar-refractivity contribution in [2.75, 3.05) is 0 Å². The maximum atomic E-state index is 8.52. The largest absolute Gasteiger partial charge is 1.00 e. The molecule has 0 fully saturated rings. The fourth-order valence-electron chi connectivity index (χ4n) is 3.52. The fourth-order valence-corrected chi connectivity index (χ4v) is 3.52. The van der Waals surface area contributed by atoms with Crippen molar-refractivity contribution in [3.63, 3.8) is 0 Å². The molecule has 0 bridgehead atoms. The van der Waals surface area contributed by atoms with Crippen molar-refractivity contribution >= 4 is 10.4 Å². The third-order valence-electron chi connectivity index (χ3n) is 5.16. The Hall–Kier alpha value is 1.09. The summed E-state index contributed by atoms with van der Waals surface area (Å²) in [5.41, 5.74) is 1.50. The van der Waals surface area contributed by atoms with Gasteiger partial charge >= 0.3 is 59.1 Å². The van der Waals surface area contributed by atoms with Gasteiger partial charge in [-0.15, -0.1) is 0 Å². The van der Waals surface area contributed by atoms with E-state index in [9.17, 15) is 0 Å². The molecule has 1 aromatic rings. The summed E-state index contributed by atoms with van der Waals surface area (Å²) < 4.78 is 34.1. The molecule has 1 rings (SSSR count). The monoisotopic (exact) mass is 472 g/mol. The van der Waals surface area contributed by atoms with Gasteiger partial charge in [0.1, 0.15) is 0 Å². The van der Waals surface area contributed by atoms with Crippen molar-refractivity contribution in [3.05, 3.63) is 35.9 Å². The second-order valence-corrected chi connectivity index (χ2v) is 8.76. The van der Waals surface area contributed by atoms with Gasteiger partial charge in [-0.25, -0.2) is 0 Å². The van der Waals surface area contributed by atoms with Gasteiger partial charge in [-0.2, -0.15) is 0 Å². The molecule has 7 heteroatoms. The van der Waals surface area contributed by atoms with E-state index in [1.54, 1.807) is 0 Å². The molecule has 0 aliphatic heterocycles. The molecule has 0 aliphatic carbocycles. The molecule has 0 spiro atoms. The summed E-state index contributed by atoms with van der Waals surface area (Å²) in [4.78, 5) is 0. The number of hydrogen-bond donors (Lipinski definition) is 0. The average Bonchev–Trinajstić information content (AvgIpc) is 2.67. The first-order valence-corrected chi connectivity index (χ1v) is 13.0. The molecular weight excluding hydrogens is 430 g/mol. The van der Waals surface area contributed by atoms with Crippen molar-refractivity contribution in [1.29, 1.82) is 0 Å². The Morgan fingerprint density at radius 1 is 0.581 bits per heavy atom. The summed E-state index contributed by atoms with van der Waals surface area (Å²) in [6, 6.07) is 10.9. The van der Waals surface area contributed by atoms with Gasteiger partial charge in [0, 0.05) is 10.4 Å². The molecule has 4 nitrogen and oxygen atoms in total. The molecule has 0 aliphatic rings. The normalized spacial score (nSPS) is 10.4. The number of rotatable bonds is 17. The summed E-state index contributed by atoms with van der Waals surface area (Å²) in [6.45, 7) is 2.30. The van der Waals surface area contributed by atoms with E-state index in [2.05, 4.69) is 37.3 Å². The van der Waals surface area contributed by atoms with Gasteiger partial charge in [0.15, 0.2) is 0 Å². The Balaban J connectivity index is -0.00000100. The molecule has 31 heavy (non-hydrogen) atoms. The minimum atomic E-state index is -5.17. The number of benzene rings is 1. The van der Waals surface area contributed by atoms with Gasteiger partial charge in [0.25, 0.3) is 0 Å². The Labute approximate surface area is 236 Å². The van der Waals surface area contributed by atoms with E-state index in [4.69, 9.17) is 17.5 Å². The number of hydrogen-bond acceptors (Lipinski definition) is 4. The van der Waals surface area contributed by atoms with Gasteiger partial charge in [-0.3, -0.25) is 8.42 Å². The van der Waals surface area contributed by atoms with Crippen molar-refractivity contribution in [1.82, 2.24) is 0 Å². The standard InChI is InChI=1S/C24H42.2Na.H2O4S/c1-2-3-4-5-6-7-8-9-10-11-12-13-14-15-16-18-21-24-22-19-17-20-23-24;;;1-5(2,3)4/h17,19-20,22-23H,2-16,18,21H2,1H3;;;(H2,1,2,3,4)/q;2*+1;/p-2. The maximum absolute atomic E-state index is 8.52. The third-order valence-corrected chi connectivity index (χ3v) is 5.16. The second-order valence-electron chi connectivity index (χ2n) is 7.95. The van der Waals surface area contributed by atoms with Crippen molar-refractivity contribution in [3.8, 4) is 0 Å². The van der Waals surface area contributed by atoms with Crippen molar-refractivity contribution in [2.45, 2.75) is 116 Å². The summed E-state index contributed by atoms with van der Waals surface area (Å²) in [5, 5.41) is 0. The van der Waals surface area contributed by atoms with E-state index in [0.717, 1.165) is 0 Å². The molecule has 0 heterocycles. The van der Waals surface area contributed by atoms with Crippen LogP contribution in [0, 0.1) is 0 Å². The molecule has 0 amide bonds. The van der Waals surface area contributed by atoms with E-state index in [1.165, 1.54) is 115 Å². The van der Waals surface area contributed by atoms with Crippen LogP contribution in [-0.2, 0) is 16.8 Å². The molecule has 0 N–H and O–H groups in total. The Morgan fingerprint density at radius 3 is 1.19 bits per heavy atom. The van der Waals surface area contributed by atoms with Crippen LogP contribution in [0.25, 0.3) is 0 Å². The summed E-state index contributed by atoms with van der Waals surface area (Å²) in [7, 11) is -5.17. The van der Waals surface area contributed by atoms with Gasteiger partial charge in [0.2, 0.25) is 0 Å². The molecule has 1 aromatic carbocycles. The van der Waals surface area contributed by atoms with Gasteiger partial charge in [0.05, 0.1) is 0 Å². The van der Waals surface area contributed by atoms with E-state index in [1.807, 2.05) is 0 Å². The molecule has 0 saturated heterocycles. The predicted molar refractivity (Wildman–Crippen MR) is 120 cm³/mol. The molecule has 0 aromatic heterocycles. The minimum Gasteiger partial charge on any atom is -0.759 e. The third kappa shape index (κ3) is 35.9. The Bertz CT molecular complexity index is 546. The average molecular weight is 473 g/mol. The van der Waals surface area contributed by atoms with Crippen molar-refractivity contribution < 1.29 is 76.6 Å². The molecule has 170 valence electrons. The molecular formula is C24H42Na2O4S. The minimum absolute atomic E-state index is 0. The zero-order chi connectivity index (χ0) is 21.6. The van der Waals surface area contributed by atoms with Crippen LogP contribution in [0.1, 0.15) is 115 Å². The smallest absolute Gasteiger partial charge is 0.759 e. The summed E-state index contributed by atoms with van der Waals surface area (Å²) >= 11 is 0. The van der Waals surface area contributed by atoms with Crippen LogP contribution < -0.4 is 59.1 Å². The van der Waals surface area contributed by atoms with E-state index < -0.39 is 10.4 Å². The summed E-state index contributed by atoms with van der Waals surface area (Å²) in [6.07, 6.45) is 24.4. The van der Waals surface area contributed by atoms with Crippen LogP contribution >= 0.6 is 0 Å². The topological polar surface area (TPSA) is 80.3 Å². The van der Waals surface area contributed by atoms with Crippen LogP contribution in [0.4, 0.5) is 0 Å². The van der Waals surface area contributed by atoms with Crippen LogP contribution in [0.15, 0.2) is 30.3 Å². The first kappa shape index (κ1) is 36.7. The number of unbranched alkanes of at least 4 members (excludes halogenated alkanes) is 15. The van der Waals surface area contributed by atoms with E-state index in [0.29, 0.717) is 0 Å². The molecule has 0 unspecified atom stereocenters. The molecule has 0 atom stereocenters. The van der Waals surface area contributed by atoms with Crippen LogP contribution in [0.3, 0.4) is 0 Å². The zero-order valence-electron chi connectivity index (χ0n) is 20.4. The van der Waals surface area contributed by atoms with Gasteiger partial charge in [-0.1, -0.05) is 134 Å². The molecule has 0 saturated carbocycles. The van der Waals surface area contributed by atoms with Gasteiger partial charge in [-0.05, 0) is 18.4 Å². The maximum Gasteiger partial charge on any atom is 1.00 e. The quantitative estimate of drug-likeness (QED) is 0.148. The SMILES string of the molecule is CCCCCCCCCCCCCCCCCCc1ccccc1.O=S(=O)([O-])[O-].[Na+].[Na+]. The van der Waals surface area contributed by atoms with Crippen LogP contribution in [-0.4, -0.2) is 17.5 Å². The van der Waals surface area contributed by atoms with Crippen LogP contribution in [0.5, 0.6) is 0 Å². The van der Waals surface area contributed by atoms with E-state index in [-0.39, 0.29) is 59.1 Å². The zero-order valence-corrected chi connectivity index (χ0v) is 25.3. The second kappa shape index (κ2) is 27.3. The predicted octanol–water partition coefficient (Wildman–Crippen LogP) is 1.16. The van der Waals surface area contributed by atoms with E-state index >= 15 is 0 Å². The first-order valence-electron chi connectivity index (χ1n) is 11.6. The summed E-state index contributed by atoms with van der Waals surface area (Å²) in [5.74, 6) is 0. The first-order chi connectivity index (χ1) is 13.9. The van der Waals surface area contributed by atoms with Crippen molar-refractivity contribution in [2.24, 2.45) is 0 Å². The number of aryl methyl sites for hydroxylation is 1. The fraction of sp³-hybridized carbons (Fsp3) is 0.750.